The molecule has 0 heterocycles. The lowest BCUT2D eigenvalue weighted by Crippen LogP contribution is -2.41. The molecule has 2 N–H and O–H groups in total. The summed E-state index contributed by atoms with van der Waals surface area (Å²) >= 11 is 1.55. The number of rotatable bonds is 13. The van der Waals surface area contributed by atoms with E-state index >= 15 is 0 Å². The third kappa shape index (κ3) is 8.48. The third-order valence-corrected chi connectivity index (χ3v) is 8.84. The number of nitrogens with zero attached hydrogens (tertiary/aromatic N) is 1. The lowest BCUT2D eigenvalue weighted by molar-refractivity contribution is -0.139. The molecular weight excluding hydrogens is 544 g/mol. The average Bonchev–Trinajstić information content (AvgIpc) is 3.01. The molecule has 1 aliphatic carbocycles. The van der Waals surface area contributed by atoms with Gasteiger partial charge in [-0.05, 0) is 84.2 Å². The molecule has 1 saturated carbocycles. The summed E-state index contributed by atoms with van der Waals surface area (Å²) in [6.07, 6.45) is 9.52. The Kier molecular flexibility index (Phi) is 11.6. The maximum Gasteiger partial charge on any atom is 0.326 e. The fraction of sp³-hybridized carbons (Fsp3) is 0.400. The van der Waals surface area contributed by atoms with E-state index in [1.165, 1.54) is 32.1 Å². The summed E-state index contributed by atoms with van der Waals surface area (Å²) in [6.45, 7) is 3.10. The predicted molar refractivity (Wildman–Crippen MR) is 171 cm³/mol. The fourth-order valence-corrected chi connectivity index (χ4v) is 6.24. The Hall–Kier alpha value is -3.58. The van der Waals surface area contributed by atoms with Gasteiger partial charge < -0.3 is 15.3 Å². The number of carboxylic acids is 1. The zero-order valence-electron chi connectivity index (χ0n) is 24.7. The van der Waals surface area contributed by atoms with Gasteiger partial charge in [0.25, 0.3) is 11.8 Å². The van der Waals surface area contributed by atoms with Crippen molar-refractivity contribution in [1.82, 2.24) is 10.2 Å². The Morgan fingerprint density at radius 1 is 0.952 bits per heavy atom. The number of thioether (sulfide) groups is 1. The van der Waals surface area contributed by atoms with Crippen LogP contribution in [0.4, 0.5) is 0 Å². The van der Waals surface area contributed by atoms with Gasteiger partial charge in [-0.1, -0.05) is 80.6 Å². The summed E-state index contributed by atoms with van der Waals surface area (Å²) in [6, 6.07) is 22.0. The van der Waals surface area contributed by atoms with Crippen molar-refractivity contribution in [3.8, 4) is 11.1 Å². The monoisotopic (exact) mass is 586 g/mol. The van der Waals surface area contributed by atoms with Crippen molar-refractivity contribution < 1.29 is 19.5 Å². The van der Waals surface area contributed by atoms with E-state index in [2.05, 4.69) is 5.32 Å². The molecular formula is C35H42N2O4S. The molecule has 0 saturated heterocycles. The van der Waals surface area contributed by atoms with Crippen molar-refractivity contribution in [2.45, 2.75) is 64.5 Å². The van der Waals surface area contributed by atoms with Crippen LogP contribution in [-0.2, 0) is 11.3 Å². The van der Waals surface area contributed by atoms with Gasteiger partial charge >= 0.3 is 5.97 Å². The van der Waals surface area contributed by atoms with Crippen LogP contribution in [0, 0.1) is 12.8 Å². The first-order valence-corrected chi connectivity index (χ1v) is 16.3. The second-order valence-corrected chi connectivity index (χ2v) is 12.2. The van der Waals surface area contributed by atoms with Crippen molar-refractivity contribution in [2.24, 2.45) is 5.92 Å². The van der Waals surface area contributed by atoms with Crippen LogP contribution in [0.2, 0.25) is 0 Å². The second kappa shape index (κ2) is 15.6. The van der Waals surface area contributed by atoms with E-state index in [-0.39, 0.29) is 5.91 Å². The van der Waals surface area contributed by atoms with Gasteiger partial charge in [-0.25, -0.2) is 4.79 Å². The molecule has 0 spiro atoms. The lowest BCUT2D eigenvalue weighted by Gasteiger charge is -2.28. The lowest BCUT2D eigenvalue weighted by atomic mass is 9.87. The smallest absolute Gasteiger partial charge is 0.326 e. The molecule has 1 fully saturated rings. The Bertz CT molecular complexity index is 1350. The molecule has 0 radical (unpaired) electrons. The van der Waals surface area contributed by atoms with Crippen LogP contribution in [-0.4, -0.2) is 52.4 Å². The van der Waals surface area contributed by atoms with E-state index in [0.717, 1.165) is 28.7 Å². The number of hydrogen-bond donors (Lipinski definition) is 2. The number of benzene rings is 3. The van der Waals surface area contributed by atoms with E-state index in [1.807, 2.05) is 84.8 Å². The van der Waals surface area contributed by atoms with Gasteiger partial charge in [-0.3, -0.25) is 9.59 Å². The Balaban J connectivity index is 1.65. The molecule has 0 aliphatic heterocycles. The number of nitrogens with one attached hydrogen (secondary N) is 1. The molecule has 42 heavy (non-hydrogen) atoms. The standard InChI is InChI=1S/C35H42N2O4S/c1-25-11-9-10-16-29(25)31-23-27(17-18-30(31)33(38)36-32(35(40)41)20-22-42-2)24-37(21-19-26-12-5-3-6-13-26)34(39)28-14-7-4-8-15-28/h4,7-11,14-18,23,26,32H,3,5-6,12-13,19-22,24H2,1-2H3,(H,36,38)(H,40,41)/t32-/m0/s1. The second-order valence-electron chi connectivity index (χ2n) is 11.2. The van der Waals surface area contributed by atoms with Crippen LogP contribution in [0.5, 0.6) is 0 Å². The average molecular weight is 587 g/mol. The quantitative estimate of drug-likeness (QED) is 0.221. The van der Waals surface area contributed by atoms with Crippen molar-refractivity contribution in [3.05, 3.63) is 95.1 Å². The number of carbonyl (C=O) groups is 3. The van der Waals surface area contributed by atoms with Crippen LogP contribution in [0.25, 0.3) is 11.1 Å². The number of carbonyl (C=O) groups excluding carboxylic acids is 2. The number of aryl methyl sites for hydroxylation is 1. The Morgan fingerprint density at radius 3 is 2.36 bits per heavy atom. The normalized spacial score (nSPS) is 14.2. The first kappa shape index (κ1) is 31.4. The number of aliphatic carboxylic acids is 1. The molecule has 0 bridgehead atoms. The van der Waals surface area contributed by atoms with Crippen molar-refractivity contribution >= 4 is 29.5 Å². The number of carboxylic acid groups (broad SMARTS) is 1. The summed E-state index contributed by atoms with van der Waals surface area (Å²) in [7, 11) is 0. The Labute approximate surface area is 253 Å². The largest absolute Gasteiger partial charge is 0.480 e. The van der Waals surface area contributed by atoms with Crippen LogP contribution < -0.4 is 5.32 Å². The summed E-state index contributed by atoms with van der Waals surface area (Å²) < 4.78 is 0. The minimum absolute atomic E-state index is 0.00349. The van der Waals surface area contributed by atoms with Gasteiger partial charge in [-0.15, -0.1) is 0 Å². The van der Waals surface area contributed by atoms with Crippen LogP contribution in [0.15, 0.2) is 72.8 Å². The van der Waals surface area contributed by atoms with Gasteiger partial charge in [0, 0.05) is 24.2 Å². The van der Waals surface area contributed by atoms with Crippen molar-refractivity contribution in [2.75, 3.05) is 18.6 Å². The van der Waals surface area contributed by atoms with E-state index in [9.17, 15) is 19.5 Å². The first-order chi connectivity index (χ1) is 20.4. The molecule has 2 amide bonds. The molecule has 3 aromatic carbocycles. The number of hydrogen-bond acceptors (Lipinski definition) is 4. The molecule has 4 rings (SSSR count). The highest BCUT2D eigenvalue weighted by Gasteiger charge is 2.24. The highest BCUT2D eigenvalue weighted by Crippen LogP contribution is 2.30. The molecule has 1 aliphatic rings. The first-order valence-electron chi connectivity index (χ1n) is 14.9. The minimum atomic E-state index is -1.04. The molecule has 6 nitrogen and oxygen atoms in total. The van der Waals surface area contributed by atoms with Crippen molar-refractivity contribution in [3.63, 3.8) is 0 Å². The van der Waals surface area contributed by atoms with E-state index in [1.54, 1.807) is 17.8 Å². The van der Waals surface area contributed by atoms with Crippen LogP contribution in [0.3, 0.4) is 0 Å². The zero-order valence-corrected chi connectivity index (χ0v) is 25.5. The molecule has 1 atom stereocenters. The summed E-state index contributed by atoms with van der Waals surface area (Å²) in [5.74, 6) is -0.176. The fourth-order valence-electron chi connectivity index (χ4n) is 5.77. The summed E-state index contributed by atoms with van der Waals surface area (Å²) in [5, 5.41) is 12.4. The van der Waals surface area contributed by atoms with Gasteiger partial charge in [0.05, 0.1) is 0 Å². The molecule has 7 heteroatoms. The molecule has 3 aromatic rings. The topological polar surface area (TPSA) is 86.7 Å². The van der Waals surface area contributed by atoms with Gasteiger partial charge in [0.2, 0.25) is 0 Å². The number of amides is 2. The van der Waals surface area contributed by atoms with E-state index in [4.69, 9.17) is 0 Å². The van der Waals surface area contributed by atoms with Crippen LogP contribution >= 0.6 is 11.8 Å². The molecule has 0 aromatic heterocycles. The van der Waals surface area contributed by atoms with Gasteiger partial charge in [0.15, 0.2) is 0 Å². The summed E-state index contributed by atoms with van der Waals surface area (Å²) in [5.41, 5.74) is 4.67. The highest BCUT2D eigenvalue weighted by atomic mass is 32.2. The van der Waals surface area contributed by atoms with E-state index in [0.29, 0.717) is 42.3 Å². The maximum absolute atomic E-state index is 13.7. The highest BCUT2D eigenvalue weighted by molar-refractivity contribution is 7.98. The molecule has 0 unspecified atom stereocenters. The van der Waals surface area contributed by atoms with E-state index < -0.39 is 17.9 Å². The predicted octanol–water partition coefficient (Wildman–Crippen LogP) is 7.21. The minimum Gasteiger partial charge on any atom is -0.480 e. The Morgan fingerprint density at radius 2 is 1.67 bits per heavy atom. The SMILES string of the molecule is CSCC[C@H](NC(=O)c1ccc(CN(CCC2CCCCC2)C(=O)c2ccccc2)cc1-c1ccccc1C)C(=O)O. The van der Waals surface area contributed by atoms with Crippen molar-refractivity contribution in [1.29, 1.82) is 0 Å². The maximum atomic E-state index is 13.7. The third-order valence-electron chi connectivity index (χ3n) is 8.19. The zero-order chi connectivity index (χ0) is 29.9. The van der Waals surface area contributed by atoms with Crippen LogP contribution in [0.1, 0.15) is 76.8 Å². The summed E-state index contributed by atoms with van der Waals surface area (Å²) in [4.78, 5) is 41.0. The van der Waals surface area contributed by atoms with Gasteiger partial charge in [-0.2, -0.15) is 11.8 Å². The molecule has 222 valence electrons. The van der Waals surface area contributed by atoms with Gasteiger partial charge in [0.1, 0.15) is 6.04 Å².